The topological polar surface area (TPSA) is 101 Å². The number of hydrogen-bond acceptors (Lipinski definition) is 9. The van der Waals surface area contributed by atoms with Crippen molar-refractivity contribution >= 4 is 29.7 Å². The quantitative estimate of drug-likeness (QED) is 0.0506. The van der Waals surface area contributed by atoms with Crippen molar-refractivity contribution in [3.63, 3.8) is 0 Å². The molecule has 0 heterocycles. The van der Waals surface area contributed by atoms with E-state index in [0.717, 1.165) is 42.6 Å². The van der Waals surface area contributed by atoms with Crippen LogP contribution in [0.1, 0.15) is 53.7 Å². The molecule has 1 atom stereocenters. The maximum absolute atomic E-state index is 13.3. The Bertz CT molecular complexity index is 1680. The Morgan fingerprint density at radius 2 is 1.25 bits per heavy atom. The predicted molar refractivity (Wildman–Crippen MR) is 225 cm³/mol. The molecule has 0 aliphatic rings. The Labute approximate surface area is 337 Å². The highest BCUT2D eigenvalue weighted by Gasteiger charge is 2.36. The number of carbonyl (C=O) groups is 3. The lowest BCUT2D eigenvalue weighted by Crippen LogP contribution is -2.37. The zero-order valence-electron chi connectivity index (χ0n) is 33.7. The number of amides is 2. The van der Waals surface area contributed by atoms with Gasteiger partial charge in [0.15, 0.2) is 6.10 Å². The Balaban J connectivity index is 1.34. The van der Waals surface area contributed by atoms with Crippen molar-refractivity contribution < 1.29 is 28.6 Å². The summed E-state index contributed by atoms with van der Waals surface area (Å²) < 4.78 is 16.8. The van der Waals surface area contributed by atoms with Crippen LogP contribution in [-0.2, 0) is 23.8 Å². The number of nitrogens with one attached hydrogen (secondary N) is 1. The number of esters is 1. The number of hydrogen-bond donors (Lipinski definition) is 1. The molecule has 0 aromatic heterocycles. The van der Waals surface area contributed by atoms with Gasteiger partial charge in [0.25, 0.3) is 0 Å². The first-order valence-corrected chi connectivity index (χ1v) is 20.2. The molecule has 0 aliphatic heterocycles. The van der Waals surface area contributed by atoms with E-state index in [2.05, 4.69) is 87.9 Å². The van der Waals surface area contributed by atoms with Crippen LogP contribution in [0.3, 0.4) is 0 Å². The number of thioether (sulfide) groups is 1. The van der Waals surface area contributed by atoms with Gasteiger partial charge in [0, 0.05) is 32.3 Å². The third kappa shape index (κ3) is 13.5. The average molecular weight is 783 g/mol. The molecule has 4 aromatic carbocycles. The summed E-state index contributed by atoms with van der Waals surface area (Å²) in [5.41, 5.74) is 4.85. The number of ether oxygens (including phenoxy) is 3. The molecule has 2 amide bonds. The summed E-state index contributed by atoms with van der Waals surface area (Å²) in [4.78, 5) is 44.3. The van der Waals surface area contributed by atoms with Gasteiger partial charge in [-0.15, -0.1) is 11.8 Å². The maximum atomic E-state index is 13.3. The van der Waals surface area contributed by atoms with Gasteiger partial charge >= 0.3 is 12.1 Å². The fraction of sp³-hybridized carbons (Fsp3) is 0.400. The molecule has 0 spiro atoms. The van der Waals surface area contributed by atoms with Gasteiger partial charge in [-0.1, -0.05) is 97.1 Å². The van der Waals surface area contributed by atoms with Crippen LogP contribution in [0.25, 0.3) is 0 Å². The number of aryl methyl sites for hydroxylation is 1. The minimum Gasteiger partial charge on any atom is -0.455 e. The second kappa shape index (κ2) is 22.8. The van der Waals surface area contributed by atoms with E-state index in [1.807, 2.05) is 59.4 Å². The zero-order chi connectivity index (χ0) is 40.3. The van der Waals surface area contributed by atoms with E-state index < -0.39 is 22.9 Å². The summed E-state index contributed by atoms with van der Waals surface area (Å²) in [5, 5.41) is 2.99. The molecule has 10 nitrogen and oxygen atoms in total. The van der Waals surface area contributed by atoms with Gasteiger partial charge in [0.05, 0.1) is 11.4 Å². The number of carbonyl (C=O) groups excluding carboxylic acids is 3. The van der Waals surface area contributed by atoms with Crippen LogP contribution in [0.2, 0.25) is 0 Å². The van der Waals surface area contributed by atoms with Crippen molar-refractivity contribution in [1.82, 2.24) is 20.0 Å². The lowest BCUT2D eigenvalue weighted by molar-refractivity contribution is -0.150. The van der Waals surface area contributed by atoms with Gasteiger partial charge in [0.2, 0.25) is 5.91 Å². The molecule has 4 aromatic rings. The highest BCUT2D eigenvalue weighted by atomic mass is 32.2. The summed E-state index contributed by atoms with van der Waals surface area (Å²) in [5.74, 6) is 0.328. The minimum absolute atomic E-state index is 0.0228. The molecule has 1 unspecified atom stereocenters. The normalized spacial score (nSPS) is 12.0. The highest BCUT2D eigenvalue weighted by molar-refractivity contribution is 8.00. The van der Waals surface area contributed by atoms with Crippen LogP contribution in [0.5, 0.6) is 5.75 Å². The largest absolute Gasteiger partial charge is 0.455 e. The van der Waals surface area contributed by atoms with Gasteiger partial charge < -0.3 is 34.2 Å². The molecule has 0 fully saturated rings. The van der Waals surface area contributed by atoms with E-state index in [4.69, 9.17) is 14.2 Å². The van der Waals surface area contributed by atoms with Crippen LogP contribution in [0.4, 0.5) is 4.79 Å². The summed E-state index contributed by atoms with van der Waals surface area (Å²) >= 11 is 1.77. The number of nitrogens with zero attached hydrogens (tertiary/aromatic N) is 3. The third-order valence-corrected chi connectivity index (χ3v) is 10.7. The van der Waals surface area contributed by atoms with Crippen molar-refractivity contribution in [2.75, 3.05) is 79.9 Å². The second-order valence-corrected chi connectivity index (χ2v) is 15.6. The van der Waals surface area contributed by atoms with Gasteiger partial charge in [-0.25, -0.2) is 4.79 Å². The van der Waals surface area contributed by atoms with E-state index in [0.29, 0.717) is 42.3 Å². The van der Waals surface area contributed by atoms with Crippen LogP contribution in [0.15, 0.2) is 109 Å². The summed E-state index contributed by atoms with van der Waals surface area (Å²) in [7, 11) is 8.05. The van der Waals surface area contributed by atoms with E-state index in [1.54, 1.807) is 28.8 Å². The SMILES string of the molecule is CC(=O)OC(COCC(=O)NCCSC(c1ccccc1)(c1ccccc1)c1ccccc1)c1ccc(OC(=O)N(CCCN(C)C)CCCN(C)C)c(C)c1. The van der Waals surface area contributed by atoms with E-state index in [-0.39, 0.29) is 19.1 Å². The lowest BCUT2D eigenvalue weighted by Gasteiger charge is -2.35. The third-order valence-electron chi connectivity index (χ3n) is 9.19. The fourth-order valence-corrected chi connectivity index (χ4v) is 7.89. The molecule has 0 bridgehead atoms. The lowest BCUT2D eigenvalue weighted by atomic mass is 9.84. The smallest absolute Gasteiger partial charge is 0.415 e. The van der Waals surface area contributed by atoms with E-state index >= 15 is 0 Å². The van der Waals surface area contributed by atoms with Gasteiger partial charge in [-0.3, -0.25) is 9.59 Å². The Morgan fingerprint density at radius 1 is 0.732 bits per heavy atom. The molecule has 4 rings (SSSR count). The van der Waals surface area contributed by atoms with Gasteiger partial charge in [-0.2, -0.15) is 0 Å². The van der Waals surface area contributed by atoms with Gasteiger partial charge in [-0.05, 0) is 101 Å². The predicted octanol–water partition coefficient (Wildman–Crippen LogP) is 7.16. The van der Waals surface area contributed by atoms with Crippen LogP contribution < -0.4 is 10.1 Å². The van der Waals surface area contributed by atoms with Crippen molar-refractivity contribution in [1.29, 1.82) is 0 Å². The van der Waals surface area contributed by atoms with Crippen LogP contribution in [-0.4, -0.2) is 113 Å². The molecule has 1 N–H and O–H groups in total. The first-order chi connectivity index (χ1) is 27.0. The summed E-state index contributed by atoms with van der Waals surface area (Å²) in [6, 6.07) is 36.6. The first kappa shape index (κ1) is 44.0. The first-order valence-electron chi connectivity index (χ1n) is 19.2. The van der Waals surface area contributed by atoms with Crippen molar-refractivity contribution in [2.24, 2.45) is 0 Å². The fourth-order valence-electron chi connectivity index (χ4n) is 6.47. The Hall–Kier alpha value is -4.68. The Kier molecular flexibility index (Phi) is 17.9. The van der Waals surface area contributed by atoms with E-state index in [1.165, 1.54) is 6.92 Å². The second-order valence-electron chi connectivity index (χ2n) is 14.3. The van der Waals surface area contributed by atoms with Crippen molar-refractivity contribution in [3.05, 3.63) is 137 Å². The summed E-state index contributed by atoms with van der Waals surface area (Å²) in [6.07, 6.45) is 0.519. The van der Waals surface area contributed by atoms with Crippen molar-refractivity contribution in [3.8, 4) is 5.75 Å². The molecular weight excluding hydrogens is 725 g/mol. The Morgan fingerprint density at radius 3 is 1.71 bits per heavy atom. The average Bonchev–Trinajstić information content (AvgIpc) is 3.18. The summed E-state index contributed by atoms with van der Waals surface area (Å²) in [6.45, 7) is 6.30. The standard InChI is InChI=1S/C45H58N4O6S/c1-35-32-37(24-25-41(35)55-44(52)49(29-16-27-47(3)4)30-17-28-48(5)6)42(54-36(2)50)33-53-34-43(51)46-26-31-56-45(38-18-10-7-11-19-38,39-20-12-8-13-21-39)40-22-14-9-15-23-40/h7-15,18-25,32,42H,16-17,26-31,33-34H2,1-6H3,(H,46,51). The molecule has 11 heteroatoms. The molecule has 56 heavy (non-hydrogen) atoms. The number of rotatable bonds is 22. The van der Waals surface area contributed by atoms with Gasteiger partial charge in [0.1, 0.15) is 12.4 Å². The van der Waals surface area contributed by atoms with Crippen LogP contribution >= 0.6 is 11.8 Å². The molecule has 0 aliphatic carbocycles. The molecule has 0 radical (unpaired) electrons. The zero-order valence-corrected chi connectivity index (χ0v) is 34.6. The van der Waals surface area contributed by atoms with Crippen LogP contribution in [0, 0.1) is 6.92 Å². The number of benzene rings is 4. The van der Waals surface area contributed by atoms with Crippen molar-refractivity contribution in [2.45, 2.75) is 37.5 Å². The molecule has 0 saturated carbocycles. The monoisotopic (exact) mass is 782 g/mol. The molecular formula is C45H58N4O6S. The minimum atomic E-state index is -0.754. The molecule has 0 saturated heterocycles. The maximum Gasteiger partial charge on any atom is 0.415 e. The van der Waals surface area contributed by atoms with E-state index in [9.17, 15) is 14.4 Å². The highest BCUT2D eigenvalue weighted by Crippen LogP contribution is 2.48. The molecule has 300 valence electrons.